The first-order valence-electron chi connectivity index (χ1n) is 5.39. The number of hydrogen-bond donors (Lipinski definition) is 3. The van der Waals surface area contributed by atoms with E-state index in [1.54, 1.807) is 11.4 Å². The van der Waals surface area contributed by atoms with E-state index >= 15 is 0 Å². The fourth-order valence-corrected chi connectivity index (χ4v) is 2.24. The van der Waals surface area contributed by atoms with Crippen LogP contribution in [0.4, 0.5) is 5.95 Å². The molecule has 102 valence electrons. The summed E-state index contributed by atoms with van der Waals surface area (Å²) < 4.78 is 0. The van der Waals surface area contributed by atoms with E-state index in [0.29, 0.717) is 10.7 Å². The molecule has 0 saturated heterocycles. The van der Waals surface area contributed by atoms with Crippen molar-refractivity contribution in [3.63, 3.8) is 0 Å². The van der Waals surface area contributed by atoms with Crippen LogP contribution >= 0.6 is 11.3 Å². The average molecular weight is 313 g/mol. The summed E-state index contributed by atoms with van der Waals surface area (Å²) in [6.45, 7) is 0. The van der Waals surface area contributed by atoms with E-state index in [1.807, 2.05) is 0 Å². The minimum atomic E-state index is -0.457. The summed E-state index contributed by atoms with van der Waals surface area (Å²) in [7, 11) is 0. The number of aromatic amines is 1. The topological polar surface area (TPSA) is 130 Å². The Bertz CT molecular complexity index is 745. The number of nitrogens with one attached hydrogen (secondary N) is 2. The van der Waals surface area contributed by atoms with Crippen molar-refractivity contribution in [2.45, 2.75) is 0 Å². The van der Waals surface area contributed by atoms with Crippen LogP contribution in [0.5, 0.6) is 5.75 Å². The molecule has 1 amide bonds. The third-order valence-electron chi connectivity index (χ3n) is 2.30. The van der Waals surface area contributed by atoms with Gasteiger partial charge >= 0.3 is 29.6 Å². The summed E-state index contributed by atoms with van der Waals surface area (Å²) in [5.74, 6) is -0.319. The first-order valence-corrected chi connectivity index (χ1v) is 6.27. The Morgan fingerprint density at radius 2 is 2.29 bits per heavy atom. The van der Waals surface area contributed by atoms with E-state index in [9.17, 15) is 9.90 Å². The normalized spacial score (nSPS) is 9.90. The zero-order chi connectivity index (χ0) is 13.9. The SMILES string of the molecule is O=C(Nc1nnn[nH]1)c1csc(-c2ncccc2O)n1.[NaH]. The molecule has 0 aliphatic carbocycles. The number of anilines is 1. The van der Waals surface area contributed by atoms with Crippen LogP contribution in [-0.2, 0) is 0 Å². The number of pyridine rings is 1. The van der Waals surface area contributed by atoms with Gasteiger partial charge in [0, 0.05) is 11.6 Å². The monoisotopic (exact) mass is 313 g/mol. The fraction of sp³-hybridized carbons (Fsp3) is 0. The Morgan fingerprint density at radius 1 is 1.43 bits per heavy atom. The van der Waals surface area contributed by atoms with Crippen LogP contribution in [0.3, 0.4) is 0 Å². The van der Waals surface area contributed by atoms with Gasteiger partial charge in [0.15, 0.2) is 0 Å². The van der Waals surface area contributed by atoms with Crippen LogP contribution in [0.2, 0.25) is 0 Å². The van der Waals surface area contributed by atoms with E-state index in [2.05, 4.69) is 35.9 Å². The number of thiazole rings is 1. The summed E-state index contributed by atoms with van der Waals surface area (Å²) in [6, 6.07) is 3.11. The quantitative estimate of drug-likeness (QED) is 0.581. The van der Waals surface area contributed by atoms with E-state index in [-0.39, 0.29) is 46.9 Å². The Kier molecular flexibility index (Phi) is 4.96. The number of H-pyrrole nitrogens is 1. The van der Waals surface area contributed by atoms with Gasteiger partial charge < -0.3 is 5.11 Å². The maximum atomic E-state index is 11.9. The molecule has 0 aliphatic heterocycles. The summed E-state index contributed by atoms with van der Waals surface area (Å²) in [5.41, 5.74) is 0.518. The molecule has 3 aromatic heterocycles. The van der Waals surface area contributed by atoms with Gasteiger partial charge in [-0.2, -0.15) is 0 Å². The number of rotatable bonds is 3. The number of aromatic hydroxyl groups is 1. The molecule has 3 heterocycles. The maximum absolute atomic E-state index is 11.9. The molecule has 11 heteroatoms. The van der Waals surface area contributed by atoms with Gasteiger partial charge in [-0.25, -0.2) is 15.1 Å². The van der Waals surface area contributed by atoms with Gasteiger partial charge in [-0.3, -0.25) is 10.1 Å². The van der Waals surface area contributed by atoms with Gasteiger partial charge in [-0.1, -0.05) is 5.10 Å². The van der Waals surface area contributed by atoms with E-state index in [0.717, 1.165) is 0 Å². The summed E-state index contributed by atoms with van der Waals surface area (Å²) in [5, 5.41) is 26.8. The standard InChI is InChI=1S/C10H7N7O2S.Na.H/c18-6-2-1-3-11-7(6)9-12-5(4-20-9)8(19)13-10-14-16-17-15-10;;/h1-4,18H,(H2,13,14,15,16,17,19);;. The van der Waals surface area contributed by atoms with Gasteiger partial charge in [0.25, 0.3) is 5.91 Å². The Hall–Kier alpha value is -1.88. The van der Waals surface area contributed by atoms with Crippen LogP contribution in [0.25, 0.3) is 10.7 Å². The molecular weight excluding hydrogens is 305 g/mol. The number of nitrogens with zero attached hydrogens (tertiary/aromatic N) is 5. The third-order valence-corrected chi connectivity index (χ3v) is 3.15. The van der Waals surface area contributed by atoms with Crippen molar-refractivity contribution in [2.75, 3.05) is 5.32 Å². The molecule has 0 bridgehead atoms. The Labute approximate surface area is 144 Å². The molecule has 0 fully saturated rings. The second-order valence-corrected chi connectivity index (χ2v) is 4.47. The predicted octanol–water partition coefficient (Wildman–Crippen LogP) is 0.0276. The average Bonchev–Trinajstić information content (AvgIpc) is 3.10. The third kappa shape index (κ3) is 3.42. The molecule has 0 saturated carbocycles. The van der Waals surface area contributed by atoms with Crippen molar-refractivity contribution >= 4 is 52.7 Å². The number of amides is 1. The molecule has 21 heavy (non-hydrogen) atoms. The molecule has 0 spiro atoms. The van der Waals surface area contributed by atoms with Crippen molar-refractivity contribution in [3.8, 4) is 16.5 Å². The van der Waals surface area contributed by atoms with Crippen molar-refractivity contribution in [3.05, 3.63) is 29.4 Å². The number of hydrogen-bond acceptors (Lipinski definition) is 8. The summed E-state index contributed by atoms with van der Waals surface area (Å²) in [4.78, 5) is 20.0. The van der Waals surface area contributed by atoms with Crippen molar-refractivity contribution < 1.29 is 9.90 Å². The predicted molar refractivity (Wildman–Crippen MR) is 76.3 cm³/mol. The molecule has 0 aromatic carbocycles. The first kappa shape index (κ1) is 15.5. The van der Waals surface area contributed by atoms with Gasteiger partial charge in [0.05, 0.1) is 0 Å². The molecule has 3 N–H and O–H groups in total. The van der Waals surface area contributed by atoms with Crippen molar-refractivity contribution in [1.82, 2.24) is 30.6 Å². The molecule has 0 atom stereocenters. The second kappa shape index (κ2) is 6.72. The molecule has 0 aliphatic rings. The van der Waals surface area contributed by atoms with E-state index in [4.69, 9.17) is 0 Å². The molecular formula is C10H8N7NaO2S. The molecule has 0 radical (unpaired) electrons. The van der Waals surface area contributed by atoms with Crippen LogP contribution in [0, 0.1) is 0 Å². The van der Waals surface area contributed by atoms with Crippen molar-refractivity contribution in [2.24, 2.45) is 0 Å². The fourth-order valence-electron chi connectivity index (χ4n) is 1.43. The van der Waals surface area contributed by atoms with Crippen LogP contribution < -0.4 is 5.32 Å². The van der Waals surface area contributed by atoms with E-state index in [1.165, 1.54) is 23.6 Å². The number of carbonyl (C=O) groups excluding carboxylic acids is 1. The Morgan fingerprint density at radius 3 is 3.00 bits per heavy atom. The zero-order valence-electron chi connectivity index (χ0n) is 9.81. The molecule has 3 rings (SSSR count). The Balaban J connectivity index is 0.00000161. The number of tetrazole rings is 1. The summed E-state index contributed by atoms with van der Waals surface area (Å²) >= 11 is 1.20. The second-order valence-electron chi connectivity index (χ2n) is 3.61. The molecule has 9 nitrogen and oxygen atoms in total. The molecule has 3 aromatic rings. The first-order chi connectivity index (χ1) is 9.74. The van der Waals surface area contributed by atoms with Gasteiger partial charge in [-0.15, -0.1) is 11.3 Å². The molecule has 0 unspecified atom stereocenters. The van der Waals surface area contributed by atoms with Gasteiger partial charge in [0.1, 0.15) is 22.1 Å². The van der Waals surface area contributed by atoms with Crippen molar-refractivity contribution in [1.29, 1.82) is 0 Å². The van der Waals surface area contributed by atoms with Crippen LogP contribution in [0.15, 0.2) is 23.7 Å². The number of aromatic nitrogens is 6. The van der Waals surface area contributed by atoms with Gasteiger partial charge in [0.2, 0.25) is 5.95 Å². The van der Waals surface area contributed by atoms with Gasteiger partial charge in [-0.05, 0) is 22.6 Å². The van der Waals surface area contributed by atoms with Crippen LogP contribution in [0.1, 0.15) is 10.5 Å². The summed E-state index contributed by atoms with van der Waals surface area (Å²) in [6.07, 6.45) is 1.54. The van der Waals surface area contributed by atoms with E-state index < -0.39 is 5.91 Å². The number of carbonyl (C=O) groups is 1. The minimum absolute atomic E-state index is 0. The van der Waals surface area contributed by atoms with Crippen LogP contribution in [-0.4, -0.2) is 71.2 Å². The zero-order valence-corrected chi connectivity index (χ0v) is 10.6.